The number of H-pyrrole nitrogens is 1. The van der Waals surface area contributed by atoms with Gasteiger partial charge >= 0.3 is 0 Å². The summed E-state index contributed by atoms with van der Waals surface area (Å²) >= 11 is 12.8. The van der Waals surface area contributed by atoms with Gasteiger partial charge < -0.3 is 5.32 Å². The van der Waals surface area contributed by atoms with Crippen molar-refractivity contribution in [1.82, 2.24) is 10.2 Å². The summed E-state index contributed by atoms with van der Waals surface area (Å²) < 4.78 is 0.866. The third-order valence-corrected chi connectivity index (χ3v) is 3.73. The molecule has 0 aliphatic rings. The van der Waals surface area contributed by atoms with E-state index in [-0.39, 0.29) is 5.91 Å². The molecule has 17 heavy (non-hydrogen) atoms. The molecule has 2 N–H and O–H groups in total. The number of anilines is 1. The molecule has 0 aliphatic carbocycles. The van der Waals surface area contributed by atoms with Crippen LogP contribution in [0.4, 0.5) is 5.82 Å². The number of carbonyl (C=O) groups excluding carboxylic acids is 1. The molecule has 0 aromatic carbocycles. The van der Waals surface area contributed by atoms with Gasteiger partial charge in [-0.3, -0.25) is 9.89 Å². The Balaban J connectivity index is 2.20. The predicted molar refractivity (Wildman–Crippen MR) is 70.3 cm³/mol. The Morgan fingerprint density at radius 3 is 2.94 bits per heavy atom. The highest BCUT2D eigenvalue weighted by Gasteiger charge is 2.16. The highest BCUT2D eigenvalue weighted by atomic mass is 35.5. The molecule has 0 atom stereocenters. The second-order valence-electron chi connectivity index (χ2n) is 3.32. The molecule has 90 valence electrons. The fourth-order valence-corrected chi connectivity index (χ4v) is 2.82. The van der Waals surface area contributed by atoms with E-state index >= 15 is 0 Å². The van der Waals surface area contributed by atoms with E-state index in [0.29, 0.717) is 20.1 Å². The van der Waals surface area contributed by atoms with Gasteiger partial charge in [-0.1, -0.05) is 30.1 Å². The first-order valence-corrected chi connectivity index (χ1v) is 6.47. The fourth-order valence-electron chi connectivity index (χ4n) is 1.36. The predicted octanol–water partition coefficient (Wildman–Crippen LogP) is 3.59. The molecule has 0 spiro atoms. The van der Waals surface area contributed by atoms with Crippen LogP contribution in [0, 0.1) is 0 Å². The van der Waals surface area contributed by atoms with Gasteiger partial charge in [0.25, 0.3) is 5.91 Å². The third-order valence-electron chi connectivity index (χ3n) is 2.24. The summed E-state index contributed by atoms with van der Waals surface area (Å²) in [6, 6.07) is 1.55. The van der Waals surface area contributed by atoms with Crippen molar-refractivity contribution in [2.75, 3.05) is 5.32 Å². The van der Waals surface area contributed by atoms with Crippen LogP contribution in [0.2, 0.25) is 8.67 Å². The highest BCUT2D eigenvalue weighted by Crippen LogP contribution is 2.31. The Hall–Kier alpha value is -1.04. The summed E-state index contributed by atoms with van der Waals surface area (Å²) in [5.74, 6) is 0.299. The van der Waals surface area contributed by atoms with E-state index in [1.165, 1.54) is 0 Å². The molecular formula is C10H9Cl2N3OS. The number of hydrogen-bond donors (Lipinski definition) is 2. The number of carbonyl (C=O) groups is 1. The van der Waals surface area contributed by atoms with E-state index in [1.54, 1.807) is 12.3 Å². The minimum atomic E-state index is -0.294. The monoisotopic (exact) mass is 289 g/mol. The van der Waals surface area contributed by atoms with Crippen LogP contribution in [0.15, 0.2) is 12.3 Å². The normalized spacial score (nSPS) is 10.5. The lowest BCUT2D eigenvalue weighted by atomic mass is 10.2. The Bertz CT molecular complexity index is 549. The Morgan fingerprint density at radius 2 is 2.35 bits per heavy atom. The molecule has 4 nitrogen and oxygen atoms in total. The molecule has 0 aliphatic heterocycles. The molecule has 0 radical (unpaired) electrons. The molecule has 2 aromatic rings. The second-order valence-corrected chi connectivity index (χ2v) is 5.60. The first kappa shape index (κ1) is 12.4. The summed E-state index contributed by atoms with van der Waals surface area (Å²) in [6.07, 6.45) is 2.46. The first-order valence-electron chi connectivity index (χ1n) is 4.90. The quantitative estimate of drug-likeness (QED) is 0.907. The number of aryl methyl sites for hydroxylation is 1. The largest absolute Gasteiger partial charge is 0.307 e. The van der Waals surface area contributed by atoms with Crippen LogP contribution >= 0.6 is 34.5 Å². The van der Waals surface area contributed by atoms with Gasteiger partial charge in [-0.2, -0.15) is 5.10 Å². The van der Waals surface area contributed by atoms with Crippen molar-refractivity contribution in [2.45, 2.75) is 13.3 Å². The van der Waals surface area contributed by atoms with E-state index in [1.807, 2.05) is 6.92 Å². The summed E-state index contributed by atoms with van der Waals surface area (Å²) in [5, 5.41) is 9.32. The lowest BCUT2D eigenvalue weighted by molar-refractivity contribution is 0.102. The number of rotatable bonds is 3. The number of aromatic nitrogens is 2. The zero-order valence-corrected chi connectivity index (χ0v) is 11.2. The molecule has 0 saturated heterocycles. The average molecular weight is 290 g/mol. The SMILES string of the molecule is CCc1cn[nH]c1NC(=O)c1cc(Cl)sc1Cl. The lowest BCUT2D eigenvalue weighted by Crippen LogP contribution is -2.12. The lowest BCUT2D eigenvalue weighted by Gasteiger charge is -2.03. The number of nitrogens with one attached hydrogen (secondary N) is 2. The fraction of sp³-hybridized carbons (Fsp3) is 0.200. The zero-order chi connectivity index (χ0) is 12.4. The average Bonchev–Trinajstić information content (AvgIpc) is 2.84. The molecule has 0 fully saturated rings. The van der Waals surface area contributed by atoms with Crippen molar-refractivity contribution < 1.29 is 4.79 Å². The molecule has 1 amide bonds. The topological polar surface area (TPSA) is 57.8 Å². The molecule has 0 bridgehead atoms. The van der Waals surface area contributed by atoms with Crippen molar-refractivity contribution in [3.8, 4) is 0 Å². The van der Waals surface area contributed by atoms with Gasteiger partial charge in [-0.05, 0) is 12.5 Å². The van der Waals surface area contributed by atoms with E-state index in [0.717, 1.165) is 23.3 Å². The minimum absolute atomic E-state index is 0.294. The summed E-state index contributed by atoms with van der Waals surface area (Å²) in [6.45, 7) is 1.98. The summed E-state index contributed by atoms with van der Waals surface area (Å²) in [4.78, 5) is 11.9. The van der Waals surface area contributed by atoms with Gasteiger partial charge in [-0.25, -0.2) is 0 Å². The first-order chi connectivity index (χ1) is 8.11. The van der Waals surface area contributed by atoms with E-state index in [4.69, 9.17) is 23.2 Å². The molecule has 2 rings (SSSR count). The minimum Gasteiger partial charge on any atom is -0.307 e. The van der Waals surface area contributed by atoms with Crippen molar-refractivity contribution >= 4 is 46.3 Å². The molecular weight excluding hydrogens is 281 g/mol. The van der Waals surface area contributed by atoms with Crippen molar-refractivity contribution in [2.24, 2.45) is 0 Å². The number of halogens is 2. The second kappa shape index (κ2) is 5.08. The molecule has 0 unspecified atom stereocenters. The van der Waals surface area contributed by atoms with Crippen LogP contribution in [-0.4, -0.2) is 16.1 Å². The van der Waals surface area contributed by atoms with Gasteiger partial charge in [-0.15, -0.1) is 11.3 Å². The van der Waals surface area contributed by atoms with Crippen LogP contribution in [0.5, 0.6) is 0 Å². The Kier molecular flexibility index (Phi) is 3.71. The van der Waals surface area contributed by atoms with Gasteiger partial charge in [0.1, 0.15) is 10.2 Å². The number of amides is 1. The van der Waals surface area contributed by atoms with Crippen LogP contribution in [-0.2, 0) is 6.42 Å². The van der Waals surface area contributed by atoms with Crippen LogP contribution in [0.25, 0.3) is 0 Å². The molecule has 7 heteroatoms. The van der Waals surface area contributed by atoms with Crippen molar-refractivity contribution in [3.63, 3.8) is 0 Å². The van der Waals surface area contributed by atoms with E-state index < -0.39 is 0 Å². The number of hydrogen-bond acceptors (Lipinski definition) is 3. The van der Waals surface area contributed by atoms with Crippen LogP contribution in [0.3, 0.4) is 0 Å². The van der Waals surface area contributed by atoms with Crippen LogP contribution < -0.4 is 5.32 Å². The van der Waals surface area contributed by atoms with Crippen molar-refractivity contribution in [1.29, 1.82) is 0 Å². The summed E-state index contributed by atoms with van der Waals surface area (Å²) in [7, 11) is 0. The third kappa shape index (κ3) is 2.62. The summed E-state index contributed by atoms with van der Waals surface area (Å²) in [5.41, 5.74) is 1.31. The smallest absolute Gasteiger partial charge is 0.259 e. The zero-order valence-electron chi connectivity index (χ0n) is 8.88. The maximum Gasteiger partial charge on any atom is 0.259 e. The number of thiophene rings is 1. The van der Waals surface area contributed by atoms with Crippen molar-refractivity contribution in [3.05, 3.63) is 32.1 Å². The van der Waals surface area contributed by atoms with E-state index in [2.05, 4.69) is 15.5 Å². The maximum absolute atomic E-state index is 11.9. The van der Waals surface area contributed by atoms with Gasteiger partial charge in [0.05, 0.1) is 16.1 Å². The van der Waals surface area contributed by atoms with Gasteiger partial charge in [0, 0.05) is 5.56 Å². The molecule has 0 saturated carbocycles. The van der Waals surface area contributed by atoms with Crippen LogP contribution in [0.1, 0.15) is 22.8 Å². The molecule has 2 aromatic heterocycles. The highest BCUT2D eigenvalue weighted by molar-refractivity contribution is 7.20. The Labute approximate surface area is 112 Å². The molecule has 2 heterocycles. The standard InChI is InChI=1S/C10H9Cl2N3OS/c1-2-5-4-13-15-9(5)14-10(16)6-3-7(11)17-8(6)12/h3-4H,2H2,1H3,(H2,13,14,15,16). The van der Waals surface area contributed by atoms with Gasteiger partial charge in [0.2, 0.25) is 0 Å². The Morgan fingerprint density at radius 1 is 1.59 bits per heavy atom. The van der Waals surface area contributed by atoms with E-state index in [9.17, 15) is 4.79 Å². The van der Waals surface area contributed by atoms with Gasteiger partial charge in [0.15, 0.2) is 0 Å². The number of aromatic amines is 1. The maximum atomic E-state index is 11.9. The number of nitrogens with zero attached hydrogens (tertiary/aromatic N) is 1.